The van der Waals surface area contributed by atoms with Crippen molar-refractivity contribution in [3.63, 3.8) is 0 Å². The first-order valence-corrected chi connectivity index (χ1v) is 11.0. The predicted octanol–water partition coefficient (Wildman–Crippen LogP) is -1.36. The fourth-order valence-electron chi connectivity index (χ4n) is 3.54. The van der Waals surface area contributed by atoms with E-state index in [9.17, 15) is 19.2 Å². The third-order valence-corrected chi connectivity index (χ3v) is 5.44. The number of nitrogens with one attached hydrogen (secondary N) is 2. The summed E-state index contributed by atoms with van der Waals surface area (Å²) < 4.78 is 0. The second-order valence-electron chi connectivity index (χ2n) is 7.99. The molecule has 1 rings (SSSR count). The maximum absolute atomic E-state index is 13.2. The van der Waals surface area contributed by atoms with Gasteiger partial charge < -0.3 is 37.8 Å². The summed E-state index contributed by atoms with van der Waals surface area (Å²) in [6.07, 6.45) is 4.71. The molecule has 1 saturated heterocycles. The third kappa shape index (κ3) is 8.80. The highest BCUT2D eigenvalue weighted by atomic mass is 16.4. The van der Waals surface area contributed by atoms with Gasteiger partial charge in [0.25, 0.3) is 0 Å². The van der Waals surface area contributed by atoms with E-state index in [4.69, 9.17) is 22.3 Å². The standard InChI is InChI=1S/C20H38N6O5/c1-13(20(30)31)24-18(28)16-9-6-12-26(16)19(29)15(8-3-5-11-22)25-17(27)14(23)7-2-4-10-21/h13-16H,2-12,21-23H2,1H3,(H,24,28)(H,25,27)(H,30,31)/t13-,14-,15-,16-/m0/s1. The lowest BCUT2D eigenvalue weighted by Crippen LogP contribution is -2.56. The molecule has 31 heavy (non-hydrogen) atoms. The van der Waals surface area contributed by atoms with Gasteiger partial charge in [-0.15, -0.1) is 0 Å². The summed E-state index contributed by atoms with van der Waals surface area (Å²) in [5, 5.41) is 14.2. The van der Waals surface area contributed by atoms with E-state index < -0.39 is 42.0 Å². The van der Waals surface area contributed by atoms with E-state index in [1.807, 2.05) is 0 Å². The summed E-state index contributed by atoms with van der Waals surface area (Å²) in [5.41, 5.74) is 17.0. The van der Waals surface area contributed by atoms with Crippen LogP contribution in [0.4, 0.5) is 0 Å². The molecule has 1 aliphatic rings. The first kappa shape index (κ1) is 26.8. The lowest BCUT2D eigenvalue weighted by atomic mass is 10.0. The highest BCUT2D eigenvalue weighted by Gasteiger charge is 2.38. The molecule has 0 saturated carbocycles. The van der Waals surface area contributed by atoms with Crippen molar-refractivity contribution in [1.29, 1.82) is 0 Å². The van der Waals surface area contributed by atoms with Gasteiger partial charge in [-0.1, -0.05) is 6.42 Å². The molecule has 1 heterocycles. The second kappa shape index (κ2) is 13.9. The Balaban J connectivity index is 2.83. The van der Waals surface area contributed by atoms with Crippen LogP contribution in [0.2, 0.25) is 0 Å². The molecule has 0 aromatic carbocycles. The molecule has 0 spiro atoms. The summed E-state index contributed by atoms with van der Waals surface area (Å²) >= 11 is 0. The molecule has 4 atom stereocenters. The van der Waals surface area contributed by atoms with Crippen LogP contribution >= 0.6 is 0 Å². The molecule has 1 aliphatic heterocycles. The Morgan fingerprint density at radius 2 is 1.65 bits per heavy atom. The monoisotopic (exact) mass is 442 g/mol. The normalized spacial score (nSPS) is 18.8. The van der Waals surface area contributed by atoms with Crippen LogP contribution in [0.3, 0.4) is 0 Å². The highest BCUT2D eigenvalue weighted by molar-refractivity contribution is 5.94. The lowest BCUT2D eigenvalue weighted by Gasteiger charge is -2.29. The number of carboxylic acids is 1. The maximum Gasteiger partial charge on any atom is 0.325 e. The number of rotatable bonds is 14. The molecule has 0 aromatic rings. The number of hydrogen-bond donors (Lipinski definition) is 6. The van der Waals surface area contributed by atoms with Crippen LogP contribution in [0.5, 0.6) is 0 Å². The number of amides is 3. The number of nitrogens with zero attached hydrogens (tertiary/aromatic N) is 1. The van der Waals surface area contributed by atoms with Crippen molar-refractivity contribution in [2.75, 3.05) is 19.6 Å². The largest absolute Gasteiger partial charge is 0.480 e. The van der Waals surface area contributed by atoms with Gasteiger partial charge in [-0.2, -0.15) is 0 Å². The number of carbonyl (C=O) groups excluding carboxylic acids is 3. The lowest BCUT2D eigenvalue weighted by molar-refractivity contribution is -0.144. The summed E-state index contributed by atoms with van der Waals surface area (Å²) in [6, 6.07) is -3.38. The Morgan fingerprint density at radius 1 is 1.03 bits per heavy atom. The van der Waals surface area contributed by atoms with Gasteiger partial charge in [0.2, 0.25) is 17.7 Å². The van der Waals surface area contributed by atoms with Crippen LogP contribution in [0.15, 0.2) is 0 Å². The highest BCUT2D eigenvalue weighted by Crippen LogP contribution is 2.20. The van der Waals surface area contributed by atoms with Crippen LogP contribution in [0, 0.1) is 0 Å². The number of aliphatic carboxylic acids is 1. The first-order valence-electron chi connectivity index (χ1n) is 11.0. The van der Waals surface area contributed by atoms with E-state index in [1.165, 1.54) is 11.8 Å². The fraction of sp³-hybridized carbons (Fsp3) is 0.800. The molecule has 0 unspecified atom stereocenters. The molecule has 0 radical (unpaired) electrons. The summed E-state index contributed by atoms with van der Waals surface area (Å²) in [4.78, 5) is 50.7. The quantitative estimate of drug-likeness (QED) is 0.177. The number of carboxylic acid groups (broad SMARTS) is 1. The van der Waals surface area contributed by atoms with Gasteiger partial charge in [0.15, 0.2) is 0 Å². The van der Waals surface area contributed by atoms with Crippen molar-refractivity contribution in [3.8, 4) is 0 Å². The summed E-state index contributed by atoms with van der Waals surface area (Å²) in [6.45, 7) is 2.72. The van der Waals surface area contributed by atoms with E-state index in [2.05, 4.69) is 10.6 Å². The molecular weight excluding hydrogens is 404 g/mol. The molecule has 1 fully saturated rings. The van der Waals surface area contributed by atoms with Crippen molar-refractivity contribution in [2.24, 2.45) is 17.2 Å². The first-order chi connectivity index (χ1) is 14.7. The van der Waals surface area contributed by atoms with Crippen molar-refractivity contribution in [1.82, 2.24) is 15.5 Å². The Kier molecular flexibility index (Phi) is 12.1. The van der Waals surface area contributed by atoms with Gasteiger partial charge in [0.05, 0.1) is 6.04 Å². The van der Waals surface area contributed by atoms with E-state index in [-0.39, 0.29) is 5.91 Å². The number of hydrogen-bond acceptors (Lipinski definition) is 7. The fourth-order valence-corrected chi connectivity index (χ4v) is 3.54. The van der Waals surface area contributed by atoms with Gasteiger partial charge in [-0.3, -0.25) is 19.2 Å². The average molecular weight is 443 g/mol. The van der Waals surface area contributed by atoms with Crippen molar-refractivity contribution < 1.29 is 24.3 Å². The minimum Gasteiger partial charge on any atom is -0.480 e. The van der Waals surface area contributed by atoms with E-state index in [1.54, 1.807) is 0 Å². The van der Waals surface area contributed by atoms with Crippen molar-refractivity contribution in [2.45, 2.75) is 82.5 Å². The van der Waals surface area contributed by atoms with E-state index in [0.29, 0.717) is 64.6 Å². The van der Waals surface area contributed by atoms with Gasteiger partial charge in [0, 0.05) is 6.54 Å². The SMILES string of the molecule is C[C@H](NC(=O)[C@@H]1CCCN1C(=O)[C@H](CCCCN)NC(=O)[C@@H](N)CCCCN)C(=O)O. The summed E-state index contributed by atoms with van der Waals surface area (Å²) in [7, 11) is 0. The zero-order valence-electron chi connectivity index (χ0n) is 18.3. The van der Waals surface area contributed by atoms with Crippen LogP contribution in [0.1, 0.15) is 58.3 Å². The number of nitrogens with two attached hydrogens (primary N) is 3. The molecule has 0 aromatic heterocycles. The van der Waals surface area contributed by atoms with Crippen LogP contribution in [-0.2, 0) is 19.2 Å². The van der Waals surface area contributed by atoms with Gasteiger partial charge in [-0.05, 0) is 65.0 Å². The topological polar surface area (TPSA) is 194 Å². The number of carbonyl (C=O) groups is 4. The van der Waals surface area contributed by atoms with Crippen LogP contribution in [0.25, 0.3) is 0 Å². The smallest absolute Gasteiger partial charge is 0.325 e. The Morgan fingerprint density at radius 3 is 2.23 bits per heavy atom. The number of likely N-dealkylation sites (tertiary alicyclic amines) is 1. The predicted molar refractivity (Wildman–Crippen MR) is 116 cm³/mol. The number of unbranched alkanes of at least 4 members (excludes halogenated alkanes) is 2. The molecular formula is C20H38N6O5. The molecule has 178 valence electrons. The van der Waals surface area contributed by atoms with Crippen LogP contribution in [-0.4, -0.2) is 77.5 Å². The van der Waals surface area contributed by atoms with E-state index in [0.717, 1.165) is 6.42 Å². The Bertz CT molecular complexity index is 617. The second-order valence-corrected chi connectivity index (χ2v) is 7.99. The Hall–Kier alpha value is -2.24. The molecule has 3 amide bonds. The summed E-state index contributed by atoms with van der Waals surface area (Å²) in [5.74, 6) is -2.44. The minimum absolute atomic E-state index is 0.361. The van der Waals surface area contributed by atoms with Gasteiger partial charge in [-0.25, -0.2) is 0 Å². The molecule has 11 nitrogen and oxygen atoms in total. The zero-order chi connectivity index (χ0) is 23.4. The Labute approximate surface area is 183 Å². The van der Waals surface area contributed by atoms with E-state index >= 15 is 0 Å². The molecule has 0 aliphatic carbocycles. The zero-order valence-corrected chi connectivity index (χ0v) is 18.3. The molecule has 11 heteroatoms. The maximum atomic E-state index is 13.2. The molecule has 9 N–H and O–H groups in total. The van der Waals surface area contributed by atoms with Gasteiger partial charge in [0.1, 0.15) is 18.1 Å². The van der Waals surface area contributed by atoms with Crippen molar-refractivity contribution in [3.05, 3.63) is 0 Å². The average Bonchev–Trinajstić information content (AvgIpc) is 3.22. The molecule has 0 bridgehead atoms. The minimum atomic E-state index is -1.15. The third-order valence-electron chi connectivity index (χ3n) is 5.44. The van der Waals surface area contributed by atoms with Crippen LogP contribution < -0.4 is 27.8 Å². The van der Waals surface area contributed by atoms with Gasteiger partial charge >= 0.3 is 5.97 Å². The van der Waals surface area contributed by atoms with Crippen molar-refractivity contribution >= 4 is 23.7 Å².